The zero-order valence-corrected chi connectivity index (χ0v) is 16.7. The number of hydrogen-bond acceptors (Lipinski definition) is 5. The first-order valence-corrected chi connectivity index (χ1v) is 9.20. The van der Waals surface area contributed by atoms with E-state index in [9.17, 15) is 4.79 Å². The van der Waals surface area contributed by atoms with Crippen LogP contribution < -0.4 is 9.57 Å². The lowest BCUT2D eigenvalue weighted by atomic mass is 9.96. The summed E-state index contributed by atoms with van der Waals surface area (Å²) in [4.78, 5) is 17.8. The number of rotatable bonds is 5. The minimum absolute atomic E-state index is 0.382. The van der Waals surface area contributed by atoms with Crippen LogP contribution in [-0.4, -0.2) is 18.5 Å². The topological polar surface area (TPSA) is 57.1 Å². The number of hydrogen-bond donors (Lipinski definition) is 0. The number of ether oxygens (including phenoxy) is 2. The first kappa shape index (κ1) is 20.1. The number of oxime groups is 1. The predicted molar refractivity (Wildman–Crippen MR) is 114 cm³/mol. The Morgan fingerprint density at radius 1 is 0.862 bits per heavy atom. The normalized spacial score (nSPS) is 10.9. The maximum Gasteiger partial charge on any atom is 0.514 e. The van der Waals surface area contributed by atoms with E-state index in [1.54, 1.807) is 32.9 Å². The Kier molecular flexibility index (Phi) is 5.98. The van der Waals surface area contributed by atoms with Crippen molar-refractivity contribution in [2.24, 2.45) is 5.16 Å². The van der Waals surface area contributed by atoms with Crippen molar-refractivity contribution in [2.75, 3.05) is 0 Å². The van der Waals surface area contributed by atoms with E-state index in [1.165, 1.54) is 0 Å². The first-order chi connectivity index (χ1) is 13.9. The predicted octanol–water partition coefficient (Wildman–Crippen LogP) is 6.33. The van der Waals surface area contributed by atoms with E-state index < -0.39 is 11.8 Å². The third-order valence-corrected chi connectivity index (χ3v) is 3.98. The highest BCUT2D eigenvalue weighted by molar-refractivity contribution is 5.86. The SMILES string of the molecule is C=NOc1cc(-c2ccccc2)c(OC(=O)OC(C)(C)C)c(-c2ccccc2)c1. The number of nitrogens with zero attached hydrogens (tertiary/aromatic N) is 1. The summed E-state index contributed by atoms with van der Waals surface area (Å²) >= 11 is 0. The standard InChI is InChI=1S/C24H23NO4/c1-24(2,3)28-23(26)27-22-20(17-11-7-5-8-12-17)15-19(29-25-4)16-21(22)18-13-9-6-10-14-18/h5-16H,4H2,1-3H3. The Balaban J connectivity index is 2.20. The molecule has 0 radical (unpaired) electrons. The Bertz CT molecular complexity index is 932. The summed E-state index contributed by atoms with van der Waals surface area (Å²) in [5.41, 5.74) is 2.40. The minimum Gasteiger partial charge on any atom is -0.428 e. The second kappa shape index (κ2) is 8.61. The molecule has 0 aromatic heterocycles. The van der Waals surface area contributed by atoms with Crippen LogP contribution in [0.1, 0.15) is 20.8 Å². The monoisotopic (exact) mass is 389 g/mol. The van der Waals surface area contributed by atoms with E-state index in [2.05, 4.69) is 11.9 Å². The summed E-state index contributed by atoms with van der Waals surface area (Å²) in [5.74, 6) is 0.863. The Morgan fingerprint density at radius 2 is 1.34 bits per heavy atom. The fourth-order valence-electron chi connectivity index (χ4n) is 2.86. The second-order valence-corrected chi connectivity index (χ2v) is 7.37. The van der Waals surface area contributed by atoms with Crippen LogP contribution in [0.25, 0.3) is 22.3 Å². The maximum atomic E-state index is 12.5. The van der Waals surface area contributed by atoms with Crippen molar-refractivity contribution in [2.45, 2.75) is 26.4 Å². The van der Waals surface area contributed by atoms with Gasteiger partial charge in [-0.25, -0.2) is 4.79 Å². The Morgan fingerprint density at radius 3 is 1.76 bits per heavy atom. The zero-order chi connectivity index (χ0) is 20.9. The number of benzene rings is 3. The van der Waals surface area contributed by atoms with Gasteiger partial charge in [0.05, 0.1) is 0 Å². The number of carbonyl (C=O) groups is 1. The molecule has 29 heavy (non-hydrogen) atoms. The zero-order valence-electron chi connectivity index (χ0n) is 16.7. The van der Waals surface area contributed by atoms with Crippen LogP contribution in [0.15, 0.2) is 78.0 Å². The first-order valence-electron chi connectivity index (χ1n) is 9.20. The third-order valence-electron chi connectivity index (χ3n) is 3.98. The summed E-state index contributed by atoms with van der Waals surface area (Å²) in [6, 6.07) is 22.7. The molecule has 0 aliphatic rings. The highest BCUT2D eigenvalue weighted by atomic mass is 16.7. The van der Waals surface area contributed by atoms with Crippen molar-refractivity contribution in [3.05, 3.63) is 72.8 Å². The summed E-state index contributed by atoms with van der Waals surface area (Å²) in [5, 5.41) is 3.53. The molecule has 3 aromatic carbocycles. The van der Waals surface area contributed by atoms with Gasteiger partial charge in [-0.05, 0) is 44.0 Å². The molecule has 0 amide bonds. The van der Waals surface area contributed by atoms with Gasteiger partial charge in [0.25, 0.3) is 0 Å². The summed E-state index contributed by atoms with van der Waals surface area (Å²) in [7, 11) is 0. The van der Waals surface area contributed by atoms with E-state index in [1.807, 2.05) is 60.7 Å². The molecular formula is C24H23NO4. The smallest absolute Gasteiger partial charge is 0.428 e. The number of carbonyl (C=O) groups excluding carboxylic acids is 1. The van der Waals surface area contributed by atoms with E-state index in [-0.39, 0.29) is 0 Å². The van der Waals surface area contributed by atoms with Crippen LogP contribution in [-0.2, 0) is 4.74 Å². The molecule has 5 heteroatoms. The average Bonchev–Trinajstić information content (AvgIpc) is 2.69. The Hall–Kier alpha value is -3.60. The van der Waals surface area contributed by atoms with Gasteiger partial charge in [0.1, 0.15) is 11.4 Å². The molecule has 0 saturated heterocycles. The quantitative estimate of drug-likeness (QED) is 0.221. The van der Waals surface area contributed by atoms with Gasteiger partial charge in [-0.3, -0.25) is 0 Å². The van der Waals surface area contributed by atoms with Crippen molar-refractivity contribution < 1.29 is 19.1 Å². The molecule has 0 unspecified atom stereocenters. The van der Waals surface area contributed by atoms with Gasteiger partial charge in [0, 0.05) is 17.8 Å². The van der Waals surface area contributed by atoms with E-state index in [0.717, 1.165) is 11.1 Å². The van der Waals surface area contributed by atoms with Crippen LogP contribution in [0, 0.1) is 0 Å². The van der Waals surface area contributed by atoms with Gasteiger partial charge in [-0.15, -0.1) is 0 Å². The molecule has 3 aromatic rings. The van der Waals surface area contributed by atoms with Crippen LogP contribution >= 0.6 is 0 Å². The molecule has 0 heterocycles. The summed E-state index contributed by atoms with van der Waals surface area (Å²) in [6.07, 6.45) is -0.776. The van der Waals surface area contributed by atoms with Crippen molar-refractivity contribution in [3.63, 3.8) is 0 Å². The van der Waals surface area contributed by atoms with E-state index >= 15 is 0 Å². The lowest BCUT2D eigenvalue weighted by Gasteiger charge is -2.21. The fraction of sp³-hybridized carbons (Fsp3) is 0.167. The molecule has 0 spiro atoms. The molecule has 0 aliphatic heterocycles. The van der Waals surface area contributed by atoms with Gasteiger partial charge in [0.15, 0.2) is 5.75 Å². The van der Waals surface area contributed by atoms with Crippen molar-refractivity contribution >= 4 is 12.9 Å². The molecule has 0 aliphatic carbocycles. The molecule has 0 N–H and O–H groups in total. The lowest BCUT2D eigenvalue weighted by Crippen LogP contribution is -2.26. The summed E-state index contributed by atoms with van der Waals surface area (Å²) in [6.45, 7) is 8.76. The molecule has 0 saturated carbocycles. The van der Waals surface area contributed by atoms with Gasteiger partial charge in [-0.1, -0.05) is 65.8 Å². The highest BCUT2D eigenvalue weighted by Crippen LogP contribution is 2.42. The summed E-state index contributed by atoms with van der Waals surface area (Å²) < 4.78 is 11.1. The van der Waals surface area contributed by atoms with Gasteiger partial charge >= 0.3 is 6.16 Å². The van der Waals surface area contributed by atoms with Crippen LogP contribution in [0.2, 0.25) is 0 Å². The lowest BCUT2D eigenvalue weighted by molar-refractivity contribution is 0.0208. The van der Waals surface area contributed by atoms with Crippen LogP contribution in [0.4, 0.5) is 4.79 Å². The molecule has 3 rings (SSSR count). The molecule has 0 fully saturated rings. The largest absolute Gasteiger partial charge is 0.514 e. The van der Waals surface area contributed by atoms with Crippen molar-refractivity contribution in [3.8, 4) is 33.8 Å². The second-order valence-electron chi connectivity index (χ2n) is 7.37. The van der Waals surface area contributed by atoms with Crippen LogP contribution in [0.5, 0.6) is 11.5 Å². The molecule has 0 atom stereocenters. The van der Waals surface area contributed by atoms with E-state index in [0.29, 0.717) is 22.6 Å². The van der Waals surface area contributed by atoms with Gasteiger partial charge < -0.3 is 14.3 Å². The van der Waals surface area contributed by atoms with Gasteiger partial charge in [0.2, 0.25) is 0 Å². The van der Waals surface area contributed by atoms with Crippen LogP contribution in [0.3, 0.4) is 0 Å². The average molecular weight is 389 g/mol. The molecule has 148 valence electrons. The van der Waals surface area contributed by atoms with Crippen molar-refractivity contribution in [1.82, 2.24) is 0 Å². The third kappa shape index (κ3) is 5.23. The maximum absolute atomic E-state index is 12.5. The Labute approximate surface area is 170 Å². The minimum atomic E-state index is -0.776. The van der Waals surface area contributed by atoms with E-state index in [4.69, 9.17) is 14.3 Å². The highest BCUT2D eigenvalue weighted by Gasteiger charge is 2.23. The molecule has 0 bridgehead atoms. The fourth-order valence-corrected chi connectivity index (χ4v) is 2.86. The van der Waals surface area contributed by atoms with Gasteiger partial charge in [-0.2, -0.15) is 0 Å². The molecule has 5 nitrogen and oxygen atoms in total. The molecular weight excluding hydrogens is 366 g/mol. The van der Waals surface area contributed by atoms with Crippen molar-refractivity contribution in [1.29, 1.82) is 0 Å².